The maximum Gasteiger partial charge on any atom is 0.203 e. The standard InChI is InChI=1S/C15H11ClO3/c16-11-3-1-10(2-4-11)8-18-12-5-6-13-14(17)9-19-15(13)7-12/h1-7H,8-9H2. The van der Waals surface area contributed by atoms with E-state index >= 15 is 0 Å². The number of fused-ring (bicyclic) bond motifs is 1. The maximum absolute atomic E-state index is 11.4. The molecule has 0 fully saturated rings. The van der Waals surface area contributed by atoms with Crippen molar-refractivity contribution in [1.82, 2.24) is 0 Å². The smallest absolute Gasteiger partial charge is 0.203 e. The molecule has 0 N–H and O–H groups in total. The summed E-state index contributed by atoms with van der Waals surface area (Å²) in [7, 11) is 0. The summed E-state index contributed by atoms with van der Waals surface area (Å²) in [4.78, 5) is 11.4. The van der Waals surface area contributed by atoms with Crippen LogP contribution in [-0.2, 0) is 6.61 Å². The molecule has 3 nitrogen and oxygen atoms in total. The van der Waals surface area contributed by atoms with Crippen LogP contribution in [0.5, 0.6) is 11.5 Å². The van der Waals surface area contributed by atoms with Gasteiger partial charge in [-0.2, -0.15) is 0 Å². The fourth-order valence-corrected chi connectivity index (χ4v) is 2.04. The monoisotopic (exact) mass is 274 g/mol. The van der Waals surface area contributed by atoms with E-state index in [2.05, 4.69) is 0 Å². The Kier molecular flexibility index (Phi) is 3.13. The van der Waals surface area contributed by atoms with E-state index < -0.39 is 0 Å². The van der Waals surface area contributed by atoms with Gasteiger partial charge in [-0.25, -0.2) is 0 Å². The van der Waals surface area contributed by atoms with Gasteiger partial charge in [-0.05, 0) is 29.8 Å². The van der Waals surface area contributed by atoms with Gasteiger partial charge >= 0.3 is 0 Å². The zero-order chi connectivity index (χ0) is 13.2. The Morgan fingerprint density at radius 3 is 2.74 bits per heavy atom. The largest absolute Gasteiger partial charge is 0.489 e. The molecular weight excluding hydrogens is 264 g/mol. The van der Waals surface area contributed by atoms with E-state index in [-0.39, 0.29) is 12.4 Å². The lowest BCUT2D eigenvalue weighted by Crippen LogP contribution is -1.98. The van der Waals surface area contributed by atoms with E-state index in [0.29, 0.717) is 28.7 Å². The zero-order valence-corrected chi connectivity index (χ0v) is 10.8. The number of carbonyl (C=O) groups is 1. The molecule has 0 bridgehead atoms. The predicted octanol–water partition coefficient (Wildman–Crippen LogP) is 3.49. The van der Waals surface area contributed by atoms with Gasteiger partial charge in [-0.1, -0.05) is 23.7 Å². The van der Waals surface area contributed by atoms with Gasteiger partial charge in [0.05, 0.1) is 5.56 Å². The first-order chi connectivity index (χ1) is 9.22. The highest BCUT2D eigenvalue weighted by Gasteiger charge is 2.21. The van der Waals surface area contributed by atoms with Crippen molar-refractivity contribution in [3.63, 3.8) is 0 Å². The summed E-state index contributed by atoms with van der Waals surface area (Å²) in [5.74, 6) is 1.29. The Hall–Kier alpha value is -2.00. The van der Waals surface area contributed by atoms with Crippen LogP contribution in [0.15, 0.2) is 42.5 Å². The van der Waals surface area contributed by atoms with Crippen LogP contribution in [0.1, 0.15) is 15.9 Å². The Balaban J connectivity index is 1.71. The van der Waals surface area contributed by atoms with Crippen molar-refractivity contribution < 1.29 is 14.3 Å². The third-order valence-electron chi connectivity index (χ3n) is 2.93. The van der Waals surface area contributed by atoms with Gasteiger partial charge in [0.25, 0.3) is 0 Å². The first kappa shape index (κ1) is 12.1. The normalized spacial score (nSPS) is 13.0. The molecule has 19 heavy (non-hydrogen) atoms. The number of halogens is 1. The molecule has 0 saturated heterocycles. The van der Waals surface area contributed by atoms with Crippen molar-refractivity contribution in [2.24, 2.45) is 0 Å². The summed E-state index contributed by atoms with van der Waals surface area (Å²) in [5, 5.41) is 0.702. The van der Waals surface area contributed by atoms with Crippen LogP contribution in [-0.4, -0.2) is 12.4 Å². The molecule has 96 valence electrons. The summed E-state index contributed by atoms with van der Waals surface area (Å²) in [6.07, 6.45) is 0. The number of ketones is 1. The van der Waals surface area contributed by atoms with Crippen molar-refractivity contribution in [2.75, 3.05) is 6.61 Å². The molecule has 0 aliphatic carbocycles. The lowest BCUT2D eigenvalue weighted by molar-refractivity contribution is 0.0961. The van der Waals surface area contributed by atoms with Gasteiger partial charge < -0.3 is 9.47 Å². The molecule has 0 amide bonds. The quantitative estimate of drug-likeness (QED) is 0.859. The van der Waals surface area contributed by atoms with Crippen molar-refractivity contribution in [1.29, 1.82) is 0 Å². The number of hydrogen-bond acceptors (Lipinski definition) is 3. The van der Waals surface area contributed by atoms with Crippen molar-refractivity contribution in [3.05, 3.63) is 58.6 Å². The molecule has 0 saturated carbocycles. The van der Waals surface area contributed by atoms with Crippen LogP contribution in [0.2, 0.25) is 5.02 Å². The molecule has 4 heteroatoms. The number of hydrogen-bond donors (Lipinski definition) is 0. The molecule has 2 aromatic rings. The molecule has 0 spiro atoms. The zero-order valence-electron chi connectivity index (χ0n) is 10.1. The first-order valence-corrected chi connectivity index (χ1v) is 6.27. The molecule has 1 heterocycles. The topological polar surface area (TPSA) is 35.5 Å². The second-order valence-electron chi connectivity index (χ2n) is 4.28. The Labute approximate surface area is 115 Å². The first-order valence-electron chi connectivity index (χ1n) is 5.90. The summed E-state index contributed by atoms with van der Waals surface area (Å²) >= 11 is 5.82. The summed E-state index contributed by atoms with van der Waals surface area (Å²) in [6, 6.07) is 12.7. The minimum absolute atomic E-state index is 0.0132. The van der Waals surface area contributed by atoms with Gasteiger partial charge in [0.15, 0.2) is 6.61 Å². The molecule has 0 aromatic heterocycles. The van der Waals surface area contributed by atoms with Gasteiger partial charge in [-0.3, -0.25) is 4.79 Å². The summed E-state index contributed by atoms with van der Waals surface area (Å²) < 4.78 is 10.9. The fourth-order valence-electron chi connectivity index (χ4n) is 1.91. The average molecular weight is 275 g/mol. The minimum atomic E-state index is 0.0132. The van der Waals surface area contributed by atoms with E-state index in [9.17, 15) is 4.79 Å². The maximum atomic E-state index is 11.4. The van der Waals surface area contributed by atoms with E-state index in [1.165, 1.54) is 0 Å². The lowest BCUT2D eigenvalue weighted by atomic mass is 10.1. The molecule has 2 aromatic carbocycles. The van der Waals surface area contributed by atoms with Crippen LogP contribution in [0.4, 0.5) is 0 Å². The van der Waals surface area contributed by atoms with E-state index in [0.717, 1.165) is 5.56 Å². The molecule has 0 unspecified atom stereocenters. The highest BCUT2D eigenvalue weighted by Crippen LogP contribution is 2.29. The SMILES string of the molecule is O=C1COc2cc(OCc3ccc(Cl)cc3)ccc21. The Bertz CT molecular complexity index is 620. The lowest BCUT2D eigenvalue weighted by Gasteiger charge is -2.07. The Morgan fingerprint density at radius 2 is 1.95 bits per heavy atom. The molecule has 1 aliphatic heterocycles. The second-order valence-corrected chi connectivity index (χ2v) is 4.72. The molecule has 3 rings (SSSR count). The number of rotatable bonds is 3. The van der Waals surface area contributed by atoms with Gasteiger partial charge in [-0.15, -0.1) is 0 Å². The molecule has 1 aliphatic rings. The molecule has 0 atom stereocenters. The van der Waals surface area contributed by atoms with Crippen LogP contribution in [0, 0.1) is 0 Å². The van der Waals surface area contributed by atoms with Crippen LogP contribution >= 0.6 is 11.6 Å². The highest BCUT2D eigenvalue weighted by atomic mass is 35.5. The molecule has 0 radical (unpaired) electrons. The highest BCUT2D eigenvalue weighted by molar-refractivity contribution is 6.30. The molecular formula is C15H11ClO3. The van der Waals surface area contributed by atoms with Crippen LogP contribution in [0.25, 0.3) is 0 Å². The van der Waals surface area contributed by atoms with E-state index in [1.807, 2.05) is 24.3 Å². The minimum Gasteiger partial charge on any atom is -0.489 e. The van der Waals surface area contributed by atoms with Crippen molar-refractivity contribution >= 4 is 17.4 Å². The fraction of sp³-hybridized carbons (Fsp3) is 0.133. The number of ether oxygens (including phenoxy) is 2. The van der Waals surface area contributed by atoms with Crippen LogP contribution in [0.3, 0.4) is 0 Å². The second kappa shape index (κ2) is 4.94. The van der Waals surface area contributed by atoms with E-state index in [4.69, 9.17) is 21.1 Å². The number of Topliss-reactive ketones (excluding diaryl/α,β-unsaturated/α-hetero) is 1. The number of carbonyl (C=O) groups excluding carboxylic acids is 1. The van der Waals surface area contributed by atoms with Gasteiger partial charge in [0.1, 0.15) is 18.1 Å². The van der Waals surface area contributed by atoms with Crippen molar-refractivity contribution in [3.8, 4) is 11.5 Å². The summed E-state index contributed by atoms with van der Waals surface area (Å²) in [6.45, 7) is 0.569. The third kappa shape index (κ3) is 2.56. The van der Waals surface area contributed by atoms with Gasteiger partial charge in [0.2, 0.25) is 5.78 Å². The Morgan fingerprint density at radius 1 is 1.16 bits per heavy atom. The average Bonchev–Trinajstić information content (AvgIpc) is 2.79. The summed E-state index contributed by atoms with van der Waals surface area (Å²) in [5.41, 5.74) is 1.65. The third-order valence-corrected chi connectivity index (χ3v) is 3.18. The van der Waals surface area contributed by atoms with Gasteiger partial charge in [0, 0.05) is 11.1 Å². The van der Waals surface area contributed by atoms with Crippen molar-refractivity contribution in [2.45, 2.75) is 6.61 Å². The van der Waals surface area contributed by atoms with E-state index in [1.54, 1.807) is 18.2 Å². The van der Waals surface area contributed by atoms with Crippen LogP contribution < -0.4 is 9.47 Å². The number of benzene rings is 2. The predicted molar refractivity (Wildman–Crippen MR) is 72.1 cm³/mol.